The lowest BCUT2D eigenvalue weighted by Crippen LogP contribution is -2.61. The highest BCUT2D eigenvalue weighted by atomic mass is 16.5. The van der Waals surface area contributed by atoms with E-state index in [1.807, 2.05) is 6.92 Å². The molecule has 1 unspecified atom stereocenters. The van der Waals surface area contributed by atoms with E-state index in [2.05, 4.69) is 0 Å². The van der Waals surface area contributed by atoms with Crippen LogP contribution in [0.5, 0.6) is 0 Å². The van der Waals surface area contributed by atoms with Crippen LogP contribution in [-0.2, 0) is 4.74 Å². The zero-order chi connectivity index (χ0) is 8.11. The van der Waals surface area contributed by atoms with Gasteiger partial charge in [-0.05, 0) is 19.8 Å². The molecule has 2 aliphatic rings. The second-order valence-electron chi connectivity index (χ2n) is 4.34. The van der Waals surface area contributed by atoms with Gasteiger partial charge in [-0.15, -0.1) is 0 Å². The Bertz CT molecular complexity index is 175. The Hall–Kier alpha value is -0.120. The van der Waals surface area contributed by atoms with Crippen molar-refractivity contribution in [2.45, 2.75) is 31.3 Å². The average molecular weight is 156 g/mol. The Kier molecular flexibility index (Phi) is 1.35. The maximum Gasteiger partial charge on any atom is 0.0560 e. The van der Waals surface area contributed by atoms with Gasteiger partial charge in [-0.2, -0.15) is 0 Å². The van der Waals surface area contributed by atoms with E-state index < -0.39 is 0 Å². The molecular formula is C8H16N2O. The highest BCUT2D eigenvalue weighted by molar-refractivity contribution is 5.11. The van der Waals surface area contributed by atoms with Crippen molar-refractivity contribution in [2.75, 3.05) is 13.2 Å². The van der Waals surface area contributed by atoms with Crippen molar-refractivity contribution in [1.82, 2.24) is 0 Å². The smallest absolute Gasteiger partial charge is 0.0560 e. The lowest BCUT2D eigenvalue weighted by Gasteiger charge is -2.44. The molecular weight excluding hydrogens is 140 g/mol. The number of hydrogen-bond donors (Lipinski definition) is 2. The minimum Gasteiger partial charge on any atom is -0.380 e. The SMILES string of the molecule is CC1(N)CCC2(COC2)[C@H]1N. The Morgan fingerprint density at radius 1 is 1.36 bits per heavy atom. The first-order valence-electron chi connectivity index (χ1n) is 4.19. The molecule has 0 aromatic rings. The third kappa shape index (κ3) is 0.849. The molecule has 3 nitrogen and oxygen atoms in total. The number of nitrogens with two attached hydrogens (primary N) is 2. The first kappa shape index (κ1) is 7.53. The molecule has 0 aromatic heterocycles. The molecule has 1 aliphatic heterocycles. The summed E-state index contributed by atoms with van der Waals surface area (Å²) in [6.07, 6.45) is 2.18. The standard InChI is InChI=1S/C8H16N2O/c1-7(10)2-3-8(6(7)9)4-11-5-8/h6H,2-5,9-10H2,1H3/t6-,7?/m0/s1. The van der Waals surface area contributed by atoms with Crippen molar-refractivity contribution in [2.24, 2.45) is 16.9 Å². The monoisotopic (exact) mass is 156 g/mol. The van der Waals surface area contributed by atoms with E-state index in [0.717, 1.165) is 26.1 Å². The van der Waals surface area contributed by atoms with Crippen LogP contribution in [0.1, 0.15) is 19.8 Å². The fourth-order valence-corrected chi connectivity index (χ4v) is 2.22. The van der Waals surface area contributed by atoms with Crippen molar-refractivity contribution < 1.29 is 4.74 Å². The normalized spacial score (nSPS) is 47.7. The van der Waals surface area contributed by atoms with E-state index in [4.69, 9.17) is 16.2 Å². The third-order valence-corrected chi connectivity index (χ3v) is 3.31. The molecule has 0 amide bonds. The second-order valence-corrected chi connectivity index (χ2v) is 4.34. The number of rotatable bonds is 0. The van der Waals surface area contributed by atoms with Crippen LogP contribution in [0.2, 0.25) is 0 Å². The lowest BCUT2D eigenvalue weighted by molar-refractivity contribution is -0.119. The van der Waals surface area contributed by atoms with Crippen molar-refractivity contribution in [1.29, 1.82) is 0 Å². The van der Waals surface area contributed by atoms with Gasteiger partial charge in [0, 0.05) is 17.0 Å². The predicted molar refractivity (Wildman–Crippen MR) is 43.1 cm³/mol. The summed E-state index contributed by atoms with van der Waals surface area (Å²) in [7, 11) is 0. The molecule has 2 atom stereocenters. The summed E-state index contributed by atoms with van der Waals surface area (Å²) in [5.74, 6) is 0. The molecule has 11 heavy (non-hydrogen) atoms. The van der Waals surface area contributed by atoms with Gasteiger partial charge in [0.1, 0.15) is 0 Å². The second kappa shape index (κ2) is 1.97. The van der Waals surface area contributed by atoms with Gasteiger partial charge < -0.3 is 16.2 Å². The van der Waals surface area contributed by atoms with Gasteiger partial charge in [0.25, 0.3) is 0 Å². The van der Waals surface area contributed by atoms with E-state index in [9.17, 15) is 0 Å². The molecule has 2 rings (SSSR count). The number of hydrogen-bond acceptors (Lipinski definition) is 3. The predicted octanol–water partition coefficient (Wildman–Crippen LogP) is -0.158. The maximum atomic E-state index is 6.05. The highest BCUT2D eigenvalue weighted by Gasteiger charge is 2.55. The zero-order valence-corrected chi connectivity index (χ0v) is 6.97. The van der Waals surface area contributed by atoms with E-state index >= 15 is 0 Å². The van der Waals surface area contributed by atoms with Crippen LogP contribution in [0, 0.1) is 5.41 Å². The first-order valence-corrected chi connectivity index (χ1v) is 4.19. The van der Waals surface area contributed by atoms with Gasteiger partial charge in [0.15, 0.2) is 0 Å². The maximum absolute atomic E-state index is 6.05. The summed E-state index contributed by atoms with van der Waals surface area (Å²) >= 11 is 0. The van der Waals surface area contributed by atoms with Crippen LogP contribution < -0.4 is 11.5 Å². The van der Waals surface area contributed by atoms with Gasteiger partial charge in [-0.1, -0.05) is 0 Å². The van der Waals surface area contributed by atoms with Crippen LogP contribution >= 0.6 is 0 Å². The summed E-state index contributed by atoms with van der Waals surface area (Å²) in [5, 5.41) is 0. The molecule has 0 aromatic carbocycles. The van der Waals surface area contributed by atoms with Crippen LogP contribution in [0.4, 0.5) is 0 Å². The fraction of sp³-hybridized carbons (Fsp3) is 1.00. The minimum atomic E-state index is -0.163. The highest BCUT2D eigenvalue weighted by Crippen LogP contribution is 2.46. The Balaban J connectivity index is 2.17. The summed E-state index contributed by atoms with van der Waals surface area (Å²) in [4.78, 5) is 0. The van der Waals surface area contributed by atoms with Gasteiger partial charge >= 0.3 is 0 Å². The van der Waals surface area contributed by atoms with Crippen molar-refractivity contribution in [3.05, 3.63) is 0 Å². The van der Waals surface area contributed by atoms with Crippen molar-refractivity contribution in [3.8, 4) is 0 Å². The summed E-state index contributed by atoms with van der Waals surface area (Å²) < 4.78 is 5.19. The van der Waals surface area contributed by atoms with E-state index in [1.54, 1.807) is 0 Å². The molecule has 2 fully saturated rings. The van der Waals surface area contributed by atoms with Crippen LogP contribution in [0.25, 0.3) is 0 Å². The zero-order valence-electron chi connectivity index (χ0n) is 6.97. The first-order chi connectivity index (χ1) is 5.07. The largest absolute Gasteiger partial charge is 0.380 e. The topological polar surface area (TPSA) is 61.3 Å². The Labute approximate surface area is 67.1 Å². The Morgan fingerprint density at radius 3 is 2.18 bits per heavy atom. The number of ether oxygens (including phenoxy) is 1. The average Bonchev–Trinajstić information content (AvgIpc) is 2.05. The van der Waals surface area contributed by atoms with Crippen LogP contribution in [-0.4, -0.2) is 24.8 Å². The molecule has 64 valence electrons. The quantitative estimate of drug-likeness (QED) is 0.512. The van der Waals surface area contributed by atoms with Crippen LogP contribution in [0.3, 0.4) is 0 Å². The lowest BCUT2D eigenvalue weighted by atomic mass is 9.78. The van der Waals surface area contributed by atoms with Crippen molar-refractivity contribution in [3.63, 3.8) is 0 Å². The van der Waals surface area contributed by atoms with Gasteiger partial charge in [0.2, 0.25) is 0 Å². The molecule has 0 bridgehead atoms. The van der Waals surface area contributed by atoms with Crippen LogP contribution in [0.15, 0.2) is 0 Å². The van der Waals surface area contributed by atoms with Gasteiger partial charge in [0.05, 0.1) is 13.2 Å². The summed E-state index contributed by atoms with van der Waals surface area (Å²) in [6, 6.07) is 0.128. The molecule has 3 heteroatoms. The fourth-order valence-electron chi connectivity index (χ4n) is 2.22. The third-order valence-electron chi connectivity index (χ3n) is 3.31. The van der Waals surface area contributed by atoms with E-state index in [-0.39, 0.29) is 17.0 Å². The summed E-state index contributed by atoms with van der Waals surface area (Å²) in [6.45, 7) is 3.69. The minimum absolute atomic E-state index is 0.128. The van der Waals surface area contributed by atoms with Crippen molar-refractivity contribution >= 4 is 0 Å². The molecule has 1 heterocycles. The molecule has 1 saturated heterocycles. The van der Waals surface area contributed by atoms with Gasteiger partial charge in [-0.3, -0.25) is 0 Å². The molecule has 1 spiro atoms. The van der Waals surface area contributed by atoms with Gasteiger partial charge in [-0.25, -0.2) is 0 Å². The van der Waals surface area contributed by atoms with E-state index in [0.29, 0.717) is 0 Å². The molecule has 1 saturated carbocycles. The summed E-state index contributed by atoms with van der Waals surface area (Å²) in [5.41, 5.74) is 12.2. The molecule has 0 radical (unpaired) electrons. The van der Waals surface area contributed by atoms with E-state index in [1.165, 1.54) is 0 Å². The molecule has 4 N–H and O–H groups in total. The molecule has 1 aliphatic carbocycles. The Morgan fingerprint density at radius 2 is 2.00 bits per heavy atom.